The number of hydrogen-bond donors (Lipinski definition) is 4. The molecule has 0 spiro atoms. The van der Waals surface area contributed by atoms with E-state index in [2.05, 4.69) is 35.4 Å². The van der Waals surface area contributed by atoms with Crippen molar-refractivity contribution in [2.75, 3.05) is 18.5 Å². The van der Waals surface area contributed by atoms with Gasteiger partial charge in [0.15, 0.2) is 10.8 Å². The number of rotatable bonds is 17. The number of nitrogens with one attached hydrogen (secondary N) is 3. The molecule has 1 aliphatic heterocycles. The Morgan fingerprint density at radius 1 is 0.952 bits per heavy atom. The first-order valence-corrected chi connectivity index (χ1v) is 21.7. The summed E-state index contributed by atoms with van der Waals surface area (Å²) in [5.74, 6) is -2.68. The number of thiazole rings is 1. The van der Waals surface area contributed by atoms with Gasteiger partial charge in [-0.3, -0.25) is 19.5 Å². The molecule has 4 rings (SSSR count). The molecule has 346 valence electrons. The number of aryl methyl sites for hydroxylation is 1. The number of anilines is 1. The number of alkyl carbamates (subject to hydrolysis) is 1. The summed E-state index contributed by atoms with van der Waals surface area (Å²) in [7, 11) is -5.08. The van der Waals surface area contributed by atoms with Crippen LogP contribution in [0, 0.1) is 0 Å². The first-order chi connectivity index (χ1) is 29.0. The average Bonchev–Trinajstić information content (AvgIpc) is 3.80. The summed E-state index contributed by atoms with van der Waals surface area (Å²) in [4.78, 5) is 78.8. The molecule has 4 amide bonds. The molecule has 0 aliphatic carbocycles. The number of esters is 1. The summed E-state index contributed by atoms with van der Waals surface area (Å²) >= 11 is 0.889. The topological polar surface area (TPSA) is 277 Å². The zero-order chi connectivity index (χ0) is 47.1. The predicted octanol–water partition coefficient (Wildman–Crippen LogP) is 4.62. The van der Waals surface area contributed by atoms with Gasteiger partial charge >= 0.3 is 28.6 Å². The Kier molecular flexibility index (Phi) is 15.6. The van der Waals surface area contributed by atoms with Crippen molar-refractivity contribution in [3.8, 4) is 17.0 Å². The molecule has 3 aromatic rings. The molecule has 1 aliphatic rings. The van der Waals surface area contributed by atoms with Crippen molar-refractivity contribution in [2.24, 2.45) is 5.16 Å². The molecule has 2 aromatic heterocycles. The standard InChI is InChI=1S/C39H54N8O14S2/c1-36(2,3)57-32(50)27(20-56-24-15-13-23(14-16-24)25-19-46(22-41-25)18-12-17-40-34(51)58-37(4,5)6)60-45-28(26-21-62-33(42-26)44-35(52)59-38(7,8)9)30(48)43-29-31(49)47(39(29,10)11)61-63(53,54)55/h13-16,19,21-22,27,29H,12,17-18,20H2,1-11H3,(H,40,51)(H,43,48)(H,42,44,52)(H,53,54,55)/b45-28-. The van der Waals surface area contributed by atoms with Gasteiger partial charge in [-0.2, -0.15) is 13.5 Å². The lowest BCUT2D eigenvalue weighted by atomic mass is 9.84. The van der Waals surface area contributed by atoms with Gasteiger partial charge in [0.2, 0.25) is 0 Å². The van der Waals surface area contributed by atoms with Crippen LogP contribution in [0.1, 0.15) is 88.3 Å². The Labute approximate surface area is 368 Å². The van der Waals surface area contributed by atoms with Gasteiger partial charge in [-0.25, -0.2) is 24.4 Å². The third kappa shape index (κ3) is 15.5. The normalized spacial score (nSPS) is 16.0. The number of aromatic nitrogens is 3. The van der Waals surface area contributed by atoms with E-state index in [0.717, 1.165) is 16.9 Å². The molecule has 3 heterocycles. The molecule has 1 saturated heterocycles. The number of nitrogens with zero attached hydrogens (tertiary/aromatic N) is 5. The van der Waals surface area contributed by atoms with Gasteiger partial charge in [0.05, 0.1) is 17.6 Å². The molecule has 2 unspecified atom stereocenters. The number of benzene rings is 1. The van der Waals surface area contributed by atoms with Gasteiger partial charge in [0.1, 0.15) is 40.9 Å². The summed E-state index contributed by atoms with van der Waals surface area (Å²) in [6, 6.07) is 5.41. The molecule has 0 bridgehead atoms. The van der Waals surface area contributed by atoms with E-state index in [0.29, 0.717) is 36.0 Å². The number of hydrogen-bond acceptors (Lipinski definition) is 17. The minimum absolute atomic E-state index is 0.0117. The van der Waals surface area contributed by atoms with Crippen LogP contribution in [0.2, 0.25) is 0 Å². The Morgan fingerprint density at radius 2 is 1.57 bits per heavy atom. The third-order valence-corrected chi connectivity index (χ3v) is 9.17. The van der Waals surface area contributed by atoms with Crippen LogP contribution in [0.25, 0.3) is 11.3 Å². The second-order valence-corrected chi connectivity index (χ2v) is 19.4. The van der Waals surface area contributed by atoms with E-state index in [-0.39, 0.29) is 10.8 Å². The maximum atomic E-state index is 13.8. The van der Waals surface area contributed by atoms with Gasteiger partial charge < -0.3 is 39.0 Å². The maximum Gasteiger partial charge on any atom is 0.418 e. The summed E-state index contributed by atoms with van der Waals surface area (Å²) in [6.07, 6.45) is 1.26. The summed E-state index contributed by atoms with van der Waals surface area (Å²) in [6.45, 7) is 18.5. The van der Waals surface area contributed by atoms with E-state index in [1.807, 2.05) is 10.8 Å². The van der Waals surface area contributed by atoms with E-state index in [4.69, 9.17) is 28.3 Å². The molecule has 22 nitrogen and oxygen atoms in total. The van der Waals surface area contributed by atoms with Crippen molar-refractivity contribution in [3.05, 3.63) is 47.9 Å². The molecule has 1 fully saturated rings. The predicted molar refractivity (Wildman–Crippen MR) is 227 cm³/mol. The molecule has 0 saturated carbocycles. The number of carbonyl (C=O) groups excluding carboxylic acids is 5. The van der Waals surface area contributed by atoms with Crippen LogP contribution in [0.4, 0.5) is 14.7 Å². The van der Waals surface area contributed by atoms with Gasteiger partial charge in [0.25, 0.3) is 17.9 Å². The van der Waals surface area contributed by atoms with Crippen molar-refractivity contribution in [2.45, 2.75) is 124 Å². The lowest BCUT2D eigenvalue weighted by Crippen LogP contribution is -2.76. The van der Waals surface area contributed by atoms with Crippen LogP contribution < -0.4 is 20.7 Å². The number of carbonyl (C=O) groups is 5. The largest absolute Gasteiger partial charge is 0.489 e. The smallest absolute Gasteiger partial charge is 0.418 e. The number of oxime groups is 1. The van der Waals surface area contributed by atoms with Crippen LogP contribution in [0.15, 0.2) is 47.3 Å². The van der Waals surface area contributed by atoms with Gasteiger partial charge in [-0.15, -0.1) is 15.6 Å². The Balaban J connectivity index is 1.51. The van der Waals surface area contributed by atoms with Gasteiger partial charge in [0, 0.05) is 30.2 Å². The lowest BCUT2D eigenvalue weighted by Gasteiger charge is -2.50. The lowest BCUT2D eigenvalue weighted by molar-refractivity contribution is -0.218. The molecule has 1 aromatic carbocycles. The average molecular weight is 923 g/mol. The molecule has 63 heavy (non-hydrogen) atoms. The highest BCUT2D eigenvalue weighted by Crippen LogP contribution is 2.33. The van der Waals surface area contributed by atoms with Gasteiger partial charge in [-0.1, -0.05) is 5.16 Å². The maximum absolute atomic E-state index is 13.8. The van der Waals surface area contributed by atoms with E-state index >= 15 is 0 Å². The van der Waals surface area contributed by atoms with E-state index in [1.54, 1.807) is 92.9 Å². The van der Waals surface area contributed by atoms with Crippen molar-refractivity contribution in [3.63, 3.8) is 0 Å². The first kappa shape index (κ1) is 49.8. The minimum Gasteiger partial charge on any atom is -0.489 e. The molecular weight excluding hydrogens is 869 g/mol. The van der Waals surface area contributed by atoms with Crippen molar-refractivity contribution in [1.29, 1.82) is 0 Å². The van der Waals surface area contributed by atoms with Crippen molar-refractivity contribution in [1.82, 2.24) is 30.2 Å². The van der Waals surface area contributed by atoms with Crippen LogP contribution >= 0.6 is 11.3 Å². The van der Waals surface area contributed by atoms with Crippen LogP contribution in [0.5, 0.6) is 5.75 Å². The van der Waals surface area contributed by atoms with E-state index in [9.17, 15) is 32.4 Å². The molecular formula is C39H54N8O14S2. The fourth-order valence-corrected chi connectivity index (χ4v) is 6.51. The number of amides is 4. The summed E-state index contributed by atoms with van der Waals surface area (Å²) in [5.41, 5.74) is -3.20. The minimum atomic E-state index is -5.08. The Bertz CT molecular complexity index is 2270. The SMILES string of the molecule is CC(C)(C)OC(=O)NCCCn1cnc(-c2ccc(OCC(O/N=C(\C(=O)NC3C(=O)N(OS(=O)(=O)O)C3(C)C)c3csc(NC(=O)OC(C)(C)C)n3)C(=O)OC(C)(C)C)cc2)c1. The highest BCUT2D eigenvalue weighted by atomic mass is 32.3. The number of imidazole rings is 1. The quantitative estimate of drug-likeness (QED) is 0.0273. The fourth-order valence-electron chi connectivity index (χ4n) is 5.37. The summed E-state index contributed by atoms with van der Waals surface area (Å²) < 4.78 is 60.0. The Hall–Kier alpha value is -5.85. The molecule has 2 atom stereocenters. The molecule has 0 radical (unpaired) electrons. The highest BCUT2D eigenvalue weighted by Gasteiger charge is 2.58. The van der Waals surface area contributed by atoms with Gasteiger partial charge in [-0.05, 0) is 107 Å². The van der Waals surface area contributed by atoms with E-state index in [1.165, 1.54) is 19.2 Å². The number of hydroxylamine groups is 2. The number of β-lactam (4-membered cyclic amide) rings is 1. The van der Waals surface area contributed by atoms with Crippen molar-refractivity contribution >= 4 is 62.5 Å². The monoisotopic (exact) mass is 922 g/mol. The van der Waals surface area contributed by atoms with E-state index < -0.39 is 87.2 Å². The van der Waals surface area contributed by atoms with Crippen LogP contribution in [-0.4, -0.2) is 116 Å². The second kappa shape index (κ2) is 19.7. The first-order valence-electron chi connectivity index (χ1n) is 19.5. The van der Waals surface area contributed by atoms with Crippen LogP contribution in [0.3, 0.4) is 0 Å². The molecule has 4 N–H and O–H groups in total. The Morgan fingerprint density at radius 3 is 2.16 bits per heavy atom. The zero-order valence-electron chi connectivity index (χ0n) is 36.8. The highest BCUT2D eigenvalue weighted by molar-refractivity contribution is 7.80. The fraction of sp³-hybridized carbons (Fsp3) is 0.538. The zero-order valence-corrected chi connectivity index (χ0v) is 38.5. The third-order valence-electron chi connectivity index (χ3n) is 8.08. The van der Waals surface area contributed by atoms with Crippen molar-refractivity contribution < 1.29 is 65.0 Å². The summed E-state index contributed by atoms with van der Waals surface area (Å²) in [5, 5.41) is 13.3. The second-order valence-electron chi connectivity index (χ2n) is 17.5. The number of ether oxygens (including phenoxy) is 4. The van der Waals surface area contributed by atoms with Crippen LogP contribution in [-0.2, 0) is 54.7 Å². The molecule has 24 heteroatoms.